The van der Waals surface area contributed by atoms with Crippen LogP contribution < -0.4 is 20.9 Å². The van der Waals surface area contributed by atoms with Gasteiger partial charge >= 0.3 is 0 Å². The van der Waals surface area contributed by atoms with Crippen molar-refractivity contribution in [3.05, 3.63) is 53.7 Å². The van der Waals surface area contributed by atoms with Crippen LogP contribution in [0, 0.1) is 11.3 Å². The van der Waals surface area contributed by atoms with E-state index in [0.29, 0.717) is 17.3 Å². The van der Waals surface area contributed by atoms with Gasteiger partial charge in [0.15, 0.2) is 0 Å². The number of nitrogens with zero attached hydrogens (tertiary/aromatic N) is 2. The van der Waals surface area contributed by atoms with E-state index >= 15 is 0 Å². The molecule has 3 heterocycles. The highest BCUT2D eigenvalue weighted by molar-refractivity contribution is 5.81. The third-order valence-corrected chi connectivity index (χ3v) is 6.07. The quantitative estimate of drug-likeness (QED) is 0.574. The molecule has 168 valence electrons. The van der Waals surface area contributed by atoms with Crippen LogP contribution >= 0.6 is 0 Å². The summed E-state index contributed by atoms with van der Waals surface area (Å²) in [7, 11) is 0. The van der Waals surface area contributed by atoms with Crippen LogP contribution in [0.2, 0.25) is 0 Å². The number of hydrogen-bond donors (Lipinski definition) is 3. The molecule has 1 saturated heterocycles. The number of carbonyl (C=O) groups is 1. The van der Waals surface area contributed by atoms with Crippen molar-refractivity contribution in [1.82, 2.24) is 9.88 Å². The Morgan fingerprint density at radius 2 is 2.03 bits per heavy atom. The molecule has 0 aliphatic carbocycles. The zero-order valence-corrected chi connectivity index (χ0v) is 18.0. The molecule has 1 aromatic carbocycles. The highest BCUT2D eigenvalue weighted by atomic mass is 16.5. The molecule has 2 aliphatic rings. The van der Waals surface area contributed by atoms with Gasteiger partial charge in [-0.2, -0.15) is 0 Å². The minimum atomic E-state index is -0.185. The number of hydrogen-bond acceptors (Lipinski definition) is 7. The maximum Gasteiger partial charge on any atom is 0.220 e. The Hall–Kier alpha value is -3.39. The third-order valence-electron chi connectivity index (χ3n) is 6.07. The molecular formula is C24H29N5O3. The summed E-state index contributed by atoms with van der Waals surface area (Å²) < 4.78 is 12.2. The fourth-order valence-electron chi connectivity index (χ4n) is 4.20. The van der Waals surface area contributed by atoms with Crippen LogP contribution in [0.5, 0.6) is 17.4 Å². The van der Waals surface area contributed by atoms with E-state index in [0.717, 1.165) is 62.8 Å². The van der Waals surface area contributed by atoms with Crippen LogP contribution in [0.15, 0.2) is 42.6 Å². The van der Waals surface area contributed by atoms with E-state index in [1.807, 2.05) is 24.3 Å². The van der Waals surface area contributed by atoms with Gasteiger partial charge in [0.25, 0.3) is 0 Å². The van der Waals surface area contributed by atoms with Crippen molar-refractivity contribution in [2.24, 2.45) is 17.4 Å². The van der Waals surface area contributed by atoms with Gasteiger partial charge in [-0.15, -0.1) is 0 Å². The normalized spacial score (nSPS) is 19.6. The lowest BCUT2D eigenvalue weighted by atomic mass is 9.95. The molecule has 0 spiro atoms. The molecule has 32 heavy (non-hydrogen) atoms. The Morgan fingerprint density at radius 1 is 1.22 bits per heavy atom. The van der Waals surface area contributed by atoms with E-state index in [-0.39, 0.29) is 17.9 Å². The number of pyridine rings is 1. The number of fused-ring (bicyclic) bond motifs is 1. The average molecular weight is 436 g/mol. The minimum absolute atomic E-state index is 0.00472. The summed E-state index contributed by atoms with van der Waals surface area (Å²) in [6.45, 7) is 2.61. The number of nitrogens with one attached hydrogen (secondary N) is 1. The van der Waals surface area contributed by atoms with Gasteiger partial charge in [0.2, 0.25) is 11.8 Å². The van der Waals surface area contributed by atoms with Gasteiger partial charge in [-0.1, -0.05) is 6.07 Å². The van der Waals surface area contributed by atoms with Crippen LogP contribution in [0.25, 0.3) is 5.70 Å². The van der Waals surface area contributed by atoms with Gasteiger partial charge in [0.05, 0.1) is 0 Å². The smallest absolute Gasteiger partial charge is 0.220 e. The molecule has 1 fully saturated rings. The summed E-state index contributed by atoms with van der Waals surface area (Å²) in [4.78, 5) is 18.0. The number of amides is 1. The Bertz CT molecular complexity index is 997. The number of ether oxygens (including phenoxy) is 2. The van der Waals surface area contributed by atoms with Crippen molar-refractivity contribution in [3.8, 4) is 17.4 Å². The number of primary amides is 1. The van der Waals surface area contributed by atoms with E-state index in [1.165, 1.54) is 11.6 Å². The molecule has 0 radical (unpaired) electrons. The van der Waals surface area contributed by atoms with Crippen LogP contribution in [0.1, 0.15) is 30.4 Å². The lowest BCUT2D eigenvalue weighted by molar-refractivity contribution is -0.123. The van der Waals surface area contributed by atoms with Gasteiger partial charge in [-0.25, -0.2) is 4.98 Å². The maximum atomic E-state index is 11.4. The van der Waals surface area contributed by atoms with Crippen molar-refractivity contribution < 1.29 is 14.3 Å². The number of carbonyl (C=O) groups excluding carboxylic acids is 1. The molecule has 1 aromatic heterocycles. The van der Waals surface area contributed by atoms with Crippen molar-refractivity contribution in [2.45, 2.75) is 31.8 Å². The van der Waals surface area contributed by atoms with Crippen molar-refractivity contribution >= 4 is 17.8 Å². The van der Waals surface area contributed by atoms with Crippen LogP contribution in [0.3, 0.4) is 0 Å². The van der Waals surface area contributed by atoms with Gasteiger partial charge in [-0.3, -0.25) is 9.69 Å². The lowest BCUT2D eigenvalue weighted by Crippen LogP contribution is -2.43. The highest BCUT2D eigenvalue weighted by Crippen LogP contribution is 2.33. The lowest BCUT2D eigenvalue weighted by Gasteiger charge is -2.35. The fraction of sp³-hybridized carbons (Fsp3) is 0.375. The summed E-state index contributed by atoms with van der Waals surface area (Å²) in [6, 6.07) is 9.44. The molecule has 2 aromatic rings. The number of rotatable bonds is 7. The molecular weight excluding hydrogens is 406 g/mol. The summed E-state index contributed by atoms with van der Waals surface area (Å²) in [5, 5.41) is 7.10. The molecule has 0 saturated carbocycles. The molecule has 0 bridgehead atoms. The first-order chi connectivity index (χ1) is 15.5. The van der Waals surface area contributed by atoms with E-state index in [4.69, 9.17) is 26.4 Å². The standard InChI is InChI=1S/C24H29N5O3/c25-10-7-21(26)18-3-6-23(28-14-18)32-19-4-1-16-2-5-20(31-22(16)13-19)15-29-11-8-17(9-12-29)24(27)30/h1,3-4,6-7,10,13-14,17,20,25H,2,5,8-9,11-12,15,26H2,(H2,27,30)/b21-7-,25-10?. The first-order valence-electron chi connectivity index (χ1n) is 10.9. The van der Waals surface area contributed by atoms with Crippen LogP contribution in [0.4, 0.5) is 0 Å². The van der Waals surface area contributed by atoms with E-state index in [9.17, 15) is 4.79 Å². The third kappa shape index (κ3) is 5.26. The Balaban J connectivity index is 1.36. The first kappa shape index (κ1) is 21.8. The summed E-state index contributed by atoms with van der Waals surface area (Å²) in [6.07, 6.45) is 7.97. The number of nitrogens with two attached hydrogens (primary N) is 2. The van der Waals surface area contributed by atoms with Gasteiger partial charge in [-0.05, 0) is 62.5 Å². The molecule has 4 rings (SSSR count). The van der Waals surface area contributed by atoms with Crippen LogP contribution in [-0.2, 0) is 11.2 Å². The number of likely N-dealkylation sites (tertiary alicyclic amines) is 1. The van der Waals surface area contributed by atoms with Crippen molar-refractivity contribution in [1.29, 1.82) is 5.41 Å². The number of piperidine rings is 1. The molecule has 2 aliphatic heterocycles. The largest absolute Gasteiger partial charge is 0.489 e. The second-order valence-corrected chi connectivity index (χ2v) is 8.30. The predicted molar refractivity (Wildman–Crippen MR) is 123 cm³/mol. The molecule has 1 amide bonds. The fourth-order valence-corrected chi connectivity index (χ4v) is 4.20. The zero-order valence-electron chi connectivity index (χ0n) is 18.0. The van der Waals surface area contributed by atoms with E-state index in [2.05, 4.69) is 9.88 Å². The van der Waals surface area contributed by atoms with Gasteiger partial charge < -0.3 is 26.4 Å². The second-order valence-electron chi connectivity index (χ2n) is 8.30. The Labute approximate surface area is 187 Å². The number of allylic oxidation sites excluding steroid dienone is 1. The predicted octanol–water partition coefficient (Wildman–Crippen LogP) is 2.71. The number of benzene rings is 1. The topological polar surface area (TPSA) is 128 Å². The summed E-state index contributed by atoms with van der Waals surface area (Å²) >= 11 is 0. The SMILES string of the molecule is N=C/C=C(\N)c1ccc(Oc2ccc3c(c2)OC(CN2CCC(C(N)=O)CC2)CC3)nc1. The Kier molecular flexibility index (Phi) is 6.70. The monoisotopic (exact) mass is 435 g/mol. The number of aromatic nitrogens is 1. The average Bonchev–Trinajstić information content (AvgIpc) is 2.80. The zero-order chi connectivity index (χ0) is 22.5. The highest BCUT2D eigenvalue weighted by Gasteiger charge is 2.27. The van der Waals surface area contributed by atoms with E-state index in [1.54, 1.807) is 12.3 Å². The maximum absolute atomic E-state index is 11.4. The van der Waals surface area contributed by atoms with Gasteiger partial charge in [0.1, 0.15) is 17.6 Å². The second kappa shape index (κ2) is 9.82. The molecule has 1 unspecified atom stereocenters. The summed E-state index contributed by atoms with van der Waals surface area (Å²) in [5.41, 5.74) is 13.7. The van der Waals surface area contributed by atoms with Crippen molar-refractivity contribution in [2.75, 3.05) is 19.6 Å². The first-order valence-corrected chi connectivity index (χ1v) is 10.9. The molecule has 1 atom stereocenters. The number of aryl methyl sites for hydroxylation is 1. The van der Waals surface area contributed by atoms with Gasteiger partial charge in [0, 0.05) is 48.3 Å². The minimum Gasteiger partial charge on any atom is -0.489 e. The van der Waals surface area contributed by atoms with Crippen LogP contribution in [-0.4, -0.2) is 47.7 Å². The molecule has 8 nitrogen and oxygen atoms in total. The summed E-state index contributed by atoms with van der Waals surface area (Å²) in [5.74, 6) is 1.79. The molecule has 8 heteroatoms. The van der Waals surface area contributed by atoms with Crippen molar-refractivity contribution in [3.63, 3.8) is 0 Å². The van der Waals surface area contributed by atoms with E-state index < -0.39 is 0 Å². The molecule has 5 N–H and O–H groups in total. The Morgan fingerprint density at radius 3 is 2.72 bits per heavy atom.